The molecule has 1 amide bonds. The molecule has 35 heavy (non-hydrogen) atoms. The zero-order chi connectivity index (χ0) is 23.9. The molecule has 0 aromatic heterocycles. The second-order valence-electron chi connectivity index (χ2n) is 10.4. The molecule has 3 aliphatic rings. The molecule has 0 radical (unpaired) electrons. The fourth-order valence-electron chi connectivity index (χ4n) is 5.65. The molecule has 2 saturated heterocycles. The largest absolute Gasteiger partial charge is 0.491 e. The molecule has 1 aliphatic carbocycles. The van der Waals surface area contributed by atoms with Gasteiger partial charge in [-0.25, -0.2) is 0 Å². The van der Waals surface area contributed by atoms with Gasteiger partial charge in [-0.2, -0.15) is 0 Å². The summed E-state index contributed by atoms with van der Waals surface area (Å²) in [5.74, 6) is 1.63. The normalized spacial score (nSPS) is 22.5. The number of amides is 1. The van der Waals surface area contributed by atoms with Gasteiger partial charge in [-0.3, -0.25) is 4.79 Å². The molecular weight excluding hydrogens is 438 g/mol. The van der Waals surface area contributed by atoms with Gasteiger partial charge >= 0.3 is 0 Å². The molecule has 188 valence electrons. The summed E-state index contributed by atoms with van der Waals surface area (Å²) in [5, 5.41) is 3.25. The Morgan fingerprint density at radius 2 is 1.83 bits per heavy atom. The second kappa shape index (κ2) is 12.0. The number of nitrogens with one attached hydrogen (secondary N) is 1. The van der Waals surface area contributed by atoms with E-state index in [4.69, 9.17) is 14.2 Å². The predicted octanol–water partition coefficient (Wildman–Crippen LogP) is 5.28. The molecule has 2 aliphatic heterocycles. The number of fused-ring (bicyclic) bond motifs is 1. The maximum atomic E-state index is 12.8. The van der Waals surface area contributed by atoms with Gasteiger partial charge in [0.1, 0.15) is 12.4 Å². The summed E-state index contributed by atoms with van der Waals surface area (Å²) < 4.78 is 16.9. The van der Waals surface area contributed by atoms with E-state index in [0.29, 0.717) is 12.2 Å². The van der Waals surface area contributed by atoms with Crippen LogP contribution in [0.3, 0.4) is 0 Å². The number of aryl methyl sites for hydroxylation is 2. The molecule has 5 nitrogen and oxygen atoms in total. The summed E-state index contributed by atoms with van der Waals surface area (Å²) >= 11 is 0. The van der Waals surface area contributed by atoms with Gasteiger partial charge in [0.15, 0.2) is 0 Å². The van der Waals surface area contributed by atoms with E-state index in [0.717, 1.165) is 70.0 Å². The average molecular weight is 478 g/mol. The fourth-order valence-corrected chi connectivity index (χ4v) is 5.65. The third-order valence-corrected chi connectivity index (χ3v) is 7.83. The van der Waals surface area contributed by atoms with Gasteiger partial charge in [0.25, 0.3) is 5.91 Å². The van der Waals surface area contributed by atoms with E-state index in [1.54, 1.807) is 0 Å². The van der Waals surface area contributed by atoms with E-state index in [1.165, 1.54) is 42.4 Å². The molecule has 0 bridgehead atoms. The standard InChI is InChI=1S/C30H39NO4/c32-30(24-9-12-28(13-10-24)35-21-29-5-2-16-34-29)31-27-11-8-25-19-23(6-7-26(25)20-27)4-1-3-22-14-17-33-18-15-22/h6-7,9-10,12-13,19,22,27,29H,1-5,8,11,14-18,20-21H2,(H,31,32)/t27-,29-/m0/s1. The molecule has 2 aromatic rings. The Kier molecular flexibility index (Phi) is 8.37. The van der Waals surface area contributed by atoms with Crippen molar-refractivity contribution in [1.82, 2.24) is 5.32 Å². The molecule has 5 rings (SSSR count). The van der Waals surface area contributed by atoms with E-state index in [9.17, 15) is 4.79 Å². The SMILES string of the molecule is O=C(N[C@H]1CCc2cc(CCCC3CCOCC3)ccc2C1)c1ccc(OC[C@@H]2CCCO2)cc1. The molecule has 0 spiro atoms. The predicted molar refractivity (Wildman–Crippen MR) is 137 cm³/mol. The summed E-state index contributed by atoms with van der Waals surface area (Å²) in [4.78, 5) is 12.8. The number of hydrogen-bond acceptors (Lipinski definition) is 4. The summed E-state index contributed by atoms with van der Waals surface area (Å²) in [5.41, 5.74) is 4.99. The summed E-state index contributed by atoms with van der Waals surface area (Å²) in [7, 11) is 0. The van der Waals surface area contributed by atoms with Crippen LogP contribution in [-0.2, 0) is 28.7 Å². The third-order valence-electron chi connectivity index (χ3n) is 7.83. The van der Waals surface area contributed by atoms with E-state index in [1.807, 2.05) is 24.3 Å². The highest BCUT2D eigenvalue weighted by atomic mass is 16.5. The molecule has 1 N–H and O–H groups in total. The van der Waals surface area contributed by atoms with Crippen molar-refractivity contribution in [3.8, 4) is 5.75 Å². The van der Waals surface area contributed by atoms with Crippen molar-refractivity contribution >= 4 is 5.91 Å². The lowest BCUT2D eigenvalue weighted by atomic mass is 9.86. The number of rotatable bonds is 9. The van der Waals surface area contributed by atoms with Gasteiger partial charge < -0.3 is 19.5 Å². The van der Waals surface area contributed by atoms with Crippen LogP contribution in [0.15, 0.2) is 42.5 Å². The van der Waals surface area contributed by atoms with Crippen molar-refractivity contribution in [2.75, 3.05) is 26.4 Å². The van der Waals surface area contributed by atoms with Crippen molar-refractivity contribution in [2.45, 2.75) is 76.4 Å². The molecule has 2 atom stereocenters. The molecule has 2 heterocycles. The Morgan fingerprint density at radius 3 is 2.63 bits per heavy atom. The van der Waals surface area contributed by atoms with Crippen LogP contribution in [0.25, 0.3) is 0 Å². The lowest BCUT2D eigenvalue weighted by molar-refractivity contribution is 0.0633. The first-order chi connectivity index (χ1) is 17.2. The Hall–Kier alpha value is -2.37. The lowest BCUT2D eigenvalue weighted by Gasteiger charge is -2.26. The highest BCUT2D eigenvalue weighted by Gasteiger charge is 2.22. The lowest BCUT2D eigenvalue weighted by Crippen LogP contribution is -2.38. The van der Waals surface area contributed by atoms with Crippen LogP contribution >= 0.6 is 0 Å². The maximum Gasteiger partial charge on any atom is 0.251 e. The first kappa shape index (κ1) is 24.3. The van der Waals surface area contributed by atoms with Gasteiger partial charge in [0.2, 0.25) is 0 Å². The third kappa shape index (κ3) is 6.86. The zero-order valence-electron chi connectivity index (χ0n) is 20.8. The molecule has 0 saturated carbocycles. The Labute approximate surface area is 209 Å². The van der Waals surface area contributed by atoms with Crippen molar-refractivity contribution in [2.24, 2.45) is 5.92 Å². The minimum Gasteiger partial charge on any atom is -0.491 e. The number of hydrogen-bond donors (Lipinski definition) is 1. The molecule has 0 unspecified atom stereocenters. The molecule has 2 aromatic carbocycles. The topological polar surface area (TPSA) is 56.8 Å². The van der Waals surface area contributed by atoms with E-state index >= 15 is 0 Å². The van der Waals surface area contributed by atoms with Crippen LogP contribution in [0.2, 0.25) is 0 Å². The van der Waals surface area contributed by atoms with Crippen molar-refractivity contribution in [3.05, 3.63) is 64.7 Å². The number of carbonyl (C=O) groups excluding carboxylic acids is 1. The van der Waals surface area contributed by atoms with Crippen molar-refractivity contribution in [3.63, 3.8) is 0 Å². The van der Waals surface area contributed by atoms with E-state index < -0.39 is 0 Å². The van der Waals surface area contributed by atoms with E-state index in [-0.39, 0.29) is 18.1 Å². The van der Waals surface area contributed by atoms with Gasteiger partial charge in [-0.15, -0.1) is 0 Å². The van der Waals surface area contributed by atoms with Gasteiger partial charge in [0.05, 0.1) is 6.10 Å². The average Bonchev–Trinajstić information content (AvgIpc) is 3.42. The zero-order valence-corrected chi connectivity index (χ0v) is 20.8. The Bertz CT molecular complexity index is 961. The van der Waals surface area contributed by atoms with Gasteiger partial charge in [0, 0.05) is 31.4 Å². The Morgan fingerprint density at radius 1 is 0.971 bits per heavy atom. The van der Waals surface area contributed by atoms with Gasteiger partial charge in [-0.1, -0.05) is 18.2 Å². The van der Waals surface area contributed by atoms with Gasteiger partial charge in [-0.05, 0) is 111 Å². The highest BCUT2D eigenvalue weighted by molar-refractivity contribution is 5.94. The fraction of sp³-hybridized carbons (Fsp3) is 0.567. The highest BCUT2D eigenvalue weighted by Crippen LogP contribution is 2.26. The summed E-state index contributed by atoms with van der Waals surface area (Å²) in [6.45, 7) is 3.29. The number of ether oxygens (including phenoxy) is 3. The first-order valence-electron chi connectivity index (χ1n) is 13.6. The molecule has 2 fully saturated rings. The quantitative estimate of drug-likeness (QED) is 0.534. The minimum atomic E-state index is -0.00569. The van der Waals surface area contributed by atoms with Crippen molar-refractivity contribution < 1.29 is 19.0 Å². The smallest absolute Gasteiger partial charge is 0.251 e. The first-order valence-corrected chi connectivity index (χ1v) is 13.6. The van der Waals surface area contributed by atoms with Crippen LogP contribution in [0.1, 0.15) is 72.0 Å². The Balaban J connectivity index is 1.07. The van der Waals surface area contributed by atoms with Crippen LogP contribution in [0.4, 0.5) is 0 Å². The monoisotopic (exact) mass is 477 g/mol. The minimum absolute atomic E-state index is 0.00569. The van der Waals surface area contributed by atoms with Crippen LogP contribution in [0, 0.1) is 5.92 Å². The molecular formula is C30H39NO4. The molecule has 5 heteroatoms. The van der Waals surface area contributed by atoms with Crippen molar-refractivity contribution in [1.29, 1.82) is 0 Å². The number of benzene rings is 2. The second-order valence-corrected chi connectivity index (χ2v) is 10.4. The summed E-state index contributed by atoms with van der Waals surface area (Å²) in [6, 6.07) is 14.6. The van der Waals surface area contributed by atoms with E-state index in [2.05, 4.69) is 23.5 Å². The number of carbonyl (C=O) groups is 1. The van der Waals surface area contributed by atoms with Crippen LogP contribution in [-0.4, -0.2) is 44.5 Å². The van der Waals surface area contributed by atoms with Crippen LogP contribution in [0.5, 0.6) is 5.75 Å². The van der Waals surface area contributed by atoms with Crippen LogP contribution < -0.4 is 10.1 Å². The maximum absolute atomic E-state index is 12.8. The summed E-state index contributed by atoms with van der Waals surface area (Å²) in [6.07, 6.45) is 11.5.